The summed E-state index contributed by atoms with van der Waals surface area (Å²) < 4.78 is 56.1. The van der Waals surface area contributed by atoms with Crippen LogP contribution in [0.2, 0.25) is 0 Å². The van der Waals surface area contributed by atoms with Crippen LogP contribution in [0.5, 0.6) is 0 Å². The fourth-order valence-electron chi connectivity index (χ4n) is 4.10. The number of ether oxygens (including phenoxy) is 3. The zero-order chi connectivity index (χ0) is 28.4. The van der Waals surface area contributed by atoms with Crippen LogP contribution in [0.25, 0.3) is 0 Å². The highest BCUT2D eigenvalue weighted by Gasteiger charge is 2.42. The SMILES string of the molecule is COC(=O)C1=C(N)N(c2cccc(C(F)(F)F)c2)C(C)=C(C(=O)O[C@@H](C)C(=O)OC)C1c1ccc(Br)cc1. The monoisotopic (exact) mass is 596 g/mol. The van der Waals surface area contributed by atoms with Crippen LogP contribution < -0.4 is 10.6 Å². The third kappa shape index (κ3) is 5.69. The van der Waals surface area contributed by atoms with Gasteiger partial charge in [-0.05, 0) is 49.7 Å². The van der Waals surface area contributed by atoms with Gasteiger partial charge in [0.1, 0.15) is 5.82 Å². The second kappa shape index (κ2) is 11.3. The largest absolute Gasteiger partial charge is 0.466 e. The van der Waals surface area contributed by atoms with Crippen molar-refractivity contribution in [3.63, 3.8) is 0 Å². The molecule has 0 amide bonds. The topological polar surface area (TPSA) is 108 Å². The Bertz CT molecular complexity index is 1320. The third-order valence-corrected chi connectivity index (χ3v) is 6.43. The molecule has 1 aliphatic rings. The van der Waals surface area contributed by atoms with Crippen molar-refractivity contribution in [1.29, 1.82) is 0 Å². The summed E-state index contributed by atoms with van der Waals surface area (Å²) >= 11 is 3.33. The molecule has 202 valence electrons. The summed E-state index contributed by atoms with van der Waals surface area (Å²) in [5.74, 6) is -4.11. The highest BCUT2D eigenvalue weighted by molar-refractivity contribution is 9.10. The van der Waals surface area contributed by atoms with Gasteiger partial charge in [0.25, 0.3) is 0 Å². The van der Waals surface area contributed by atoms with E-state index in [2.05, 4.69) is 20.7 Å². The molecule has 2 aromatic carbocycles. The van der Waals surface area contributed by atoms with Crippen molar-refractivity contribution in [3.05, 3.63) is 86.8 Å². The van der Waals surface area contributed by atoms with Crippen LogP contribution in [0.4, 0.5) is 18.9 Å². The van der Waals surface area contributed by atoms with E-state index in [0.29, 0.717) is 10.0 Å². The maximum absolute atomic E-state index is 13.5. The fourth-order valence-corrected chi connectivity index (χ4v) is 4.37. The van der Waals surface area contributed by atoms with E-state index >= 15 is 0 Å². The third-order valence-electron chi connectivity index (χ3n) is 5.90. The zero-order valence-corrected chi connectivity index (χ0v) is 22.3. The molecular formula is C26H24BrF3N2O6. The minimum atomic E-state index is -4.66. The molecule has 1 aliphatic heterocycles. The molecule has 2 aromatic rings. The van der Waals surface area contributed by atoms with E-state index in [1.165, 1.54) is 26.0 Å². The average Bonchev–Trinajstić information content (AvgIpc) is 2.87. The number of anilines is 1. The maximum atomic E-state index is 13.5. The van der Waals surface area contributed by atoms with Crippen molar-refractivity contribution >= 4 is 39.5 Å². The van der Waals surface area contributed by atoms with Crippen LogP contribution >= 0.6 is 15.9 Å². The number of benzene rings is 2. The first kappa shape index (κ1) is 28.8. The molecule has 8 nitrogen and oxygen atoms in total. The number of nitrogens with two attached hydrogens (primary N) is 1. The molecule has 3 rings (SSSR count). The van der Waals surface area contributed by atoms with E-state index in [0.717, 1.165) is 31.3 Å². The van der Waals surface area contributed by atoms with Gasteiger partial charge in [-0.2, -0.15) is 13.2 Å². The smallest absolute Gasteiger partial charge is 0.416 e. The lowest BCUT2D eigenvalue weighted by molar-refractivity contribution is -0.162. The number of alkyl halides is 3. The van der Waals surface area contributed by atoms with Crippen LogP contribution in [0.1, 0.15) is 30.9 Å². The quantitative estimate of drug-likeness (QED) is 0.374. The summed E-state index contributed by atoms with van der Waals surface area (Å²) in [5, 5.41) is 0. The summed E-state index contributed by atoms with van der Waals surface area (Å²) in [7, 11) is 2.23. The van der Waals surface area contributed by atoms with Gasteiger partial charge in [-0.15, -0.1) is 0 Å². The molecule has 2 N–H and O–H groups in total. The molecule has 0 saturated carbocycles. The first-order valence-corrected chi connectivity index (χ1v) is 11.9. The molecular weight excluding hydrogens is 573 g/mol. The molecule has 0 aliphatic carbocycles. The minimum Gasteiger partial charge on any atom is -0.466 e. The number of nitrogens with zero attached hydrogens (tertiary/aromatic N) is 1. The highest BCUT2D eigenvalue weighted by atomic mass is 79.9. The predicted molar refractivity (Wildman–Crippen MR) is 134 cm³/mol. The van der Waals surface area contributed by atoms with Crippen molar-refractivity contribution in [1.82, 2.24) is 0 Å². The van der Waals surface area contributed by atoms with E-state index in [1.54, 1.807) is 24.3 Å². The van der Waals surface area contributed by atoms with Crippen molar-refractivity contribution in [2.45, 2.75) is 32.0 Å². The van der Waals surface area contributed by atoms with Gasteiger partial charge in [0.15, 0.2) is 6.10 Å². The Balaban J connectivity index is 2.32. The zero-order valence-electron chi connectivity index (χ0n) is 20.8. The molecule has 0 bridgehead atoms. The molecule has 2 atom stereocenters. The van der Waals surface area contributed by atoms with Gasteiger partial charge >= 0.3 is 24.1 Å². The van der Waals surface area contributed by atoms with E-state index in [-0.39, 0.29) is 28.4 Å². The summed E-state index contributed by atoms with van der Waals surface area (Å²) in [5.41, 5.74) is 5.60. The van der Waals surface area contributed by atoms with E-state index in [4.69, 9.17) is 15.2 Å². The van der Waals surface area contributed by atoms with Gasteiger partial charge in [0.05, 0.1) is 36.8 Å². The van der Waals surface area contributed by atoms with Gasteiger partial charge < -0.3 is 24.8 Å². The highest BCUT2D eigenvalue weighted by Crippen LogP contribution is 2.44. The van der Waals surface area contributed by atoms with Crippen LogP contribution in [0, 0.1) is 0 Å². The fraction of sp³-hybridized carbons (Fsp3) is 0.269. The number of carbonyl (C=O) groups excluding carboxylic acids is 3. The average molecular weight is 597 g/mol. The minimum absolute atomic E-state index is 0.0585. The number of hydrogen-bond donors (Lipinski definition) is 1. The van der Waals surface area contributed by atoms with Crippen LogP contribution in [0.3, 0.4) is 0 Å². The molecule has 38 heavy (non-hydrogen) atoms. The molecule has 1 unspecified atom stereocenters. The maximum Gasteiger partial charge on any atom is 0.416 e. The lowest BCUT2D eigenvalue weighted by Crippen LogP contribution is -2.40. The van der Waals surface area contributed by atoms with Gasteiger partial charge in [-0.25, -0.2) is 14.4 Å². The van der Waals surface area contributed by atoms with Gasteiger partial charge in [-0.3, -0.25) is 0 Å². The van der Waals surface area contributed by atoms with Crippen molar-refractivity contribution in [2.24, 2.45) is 5.73 Å². The molecule has 12 heteroatoms. The predicted octanol–water partition coefficient (Wildman–Crippen LogP) is 4.79. The second-order valence-electron chi connectivity index (χ2n) is 8.23. The van der Waals surface area contributed by atoms with Gasteiger partial charge in [0.2, 0.25) is 0 Å². The molecule has 0 spiro atoms. The number of hydrogen-bond acceptors (Lipinski definition) is 8. The lowest BCUT2D eigenvalue weighted by Gasteiger charge is -2.37. The molecule has 0 fully saturated rings. The normalized spacial score (nSPS) is 16.7. The molecule has 0 saturated heterocycles. The van der Waals surface area contributed by atoms with Crippen molar-refractivity contribution < 1.29 is 41.8 Å². The molecule has 0 radical (unpaired) electrons. The Morgan fingerprint density at radius 1 is 1.00 bits per heavy atom. The van der Waals surface area contributed by atoms with Gasteiger partial charge in [0, 0.05) is 15.9 Å². The standard InChI is InChI=1S/C26H24BrF3N2O6/c1-13-19(25(35)38-14(2)23(33)36-3)20(15-8-10-17(27)11-9-15)21(24(34)37-4)22(31)32(13)18-7-5-6-16(12-18)26(28,29)30/h5-12,14,20H,31H2,1-4H3/t14-,20?/m0/s1. The van der Waals surface area contributed by atoms with Crippen molar-refractivity contribution in [3.8, 4) is 0 Å². The number of carbonyl (C=O) groups is 3. The van der Waals surface area contributed by atoms with E-state index in [9.17, 15) is 27.6 Å². The molecule has 0 aromatic heterocycles. The summed E-state index contributed by atoms with van der Waals surface area (Å²) in [6.07, 6.45) is -5.98. The summed E-state index contributed by atoms with van der Waals surface area (Å²) in [6.45, 7) is 2.75. The summed E-state index contributed by atoms with van der Waals surface area (Å²) in [4.78, 5) is 39.7. The van der Waals surface area contributed by atoms with E-state index < -0.39 is 41.7 Å². The van der Waals surface area contributed by atoms with Crippen LogP contribution in [-0.4, -0.2) is 38.2 Å². The number of halogens is 4. The number of methoxy groups -OCH3 is 2. The number of esters is 3. The molecule has 1 heterocycles. The van der Waals surface area contributed by atoms with Crippen molar-refractivity contribution in [2.75, 3.05) is 19.1 Å². The van der Waals surface area contributed by atoms with E-state index in [1.807, 2.05) is 0 Å². The lowest BCUT2D eigenvalue weighted by atomic mass is 9.80. The Hall–Kier alpha value is -3.80. The Morgan fingerprint density at radius 2 is 1.63 bits per heavy atom. The van der Waals surface area contributed by atoms with Crippen LogP contribution in [0.15, 0.2) is 75.7 Å². The summed E-state index contributed by atoms with van der Waals surface area (Å²) in [6, 6.07) is 10.9. The first-order valence-electron chi connectivity index (χ1n) is 11.1. The Labute approximate surface area is 225 Å². The second-order valence-corrected chi connectivity index (χ2v) is 9.14. The number of allylic oxidation sites excluding steroid dienone is 1. The van der Waals surface area contributed by atoms with Crippen LogP contribution in [-0.2, 0) is 34.8 Å². The van der Waals surface area contributed by atoms with Gasteiger partial charge in [-0.1, -0.05) is 34.1 Å². The Morgan fingerprint density at radius 3 is 2.18 bits per heavy atom. The first-order chi connectivity index (χ1) is 17.8. The number of rotatable bonds is 6. The Kier molecular flexibility index (Phi) is 8.55.